The van der Waals surface area contributed by atoms with Gasteiger partial charge in [-0.25, -0.2) is 0 Å². The molecule has 0 radical (unpaired) electrons. The van der Waals surface area contributed by atoms with Crippen LogP contribution in [0.1, 0.15) is 17.5 Å². The highest BCUT2D eigenvalue weighted by Crippen LogP contribution is 2.32. The first-order valence-corrected chi connectivity index (χ1v) is 7.64. The van der Waals surface area contributed by atoms with Gasteiger partial charge in [0.1, 0.15) is 6.07 Å². The molecule has 0 aliphatic carbocycles. The lowest BCUT2D eigenvalue weighted by atomic mass is 10.2. The van der Waals surface area contributed by atoms with Crippen molar-refractivity contribution in [2.45, 2.75) is 13.0 Å². The molecule has 3 rings (SSSR count). The predicted octanol–water partition coefficient (Wildman–Crippen LogP) is 2.41. The maximum absolute atomic E-state index is 11.9. The van der Waals surface area contributed by atoms with Crippen molar-refractivity contribution >= 4 is 11.6 Å². The number of ether oxygens (including phenoxy) is 2. The van der Waals surface area contributed by atoms with E-state index in [1.54, 1.807) is 24.3 Å². The molecule has 1 amide bonds. The number of nitriles is 1. The van der Waals surface area contributed by atoms with Crippen molar-refractivity contribution in [3.05, 3.63) is 53.6 Å². The molecule has 6 nitrogen and oxygen atoms in total. The van der Waals surface area contributed by atoms with Crippen molar-refractivity contribution < 1.29 is 14.3 Å². The number of benzene rings is 2. The van der Waals surface area contributed by atoms with Gasteiger partial charge in [-0.1, -0.05) is 18.2 Å². The summed E-state index contributed by atoms with van der Waals surface area (Å²) in [6.07, 6.45) is 0.324. The molecule has 0 bridgehead atoms. The first-order valence-electron chi connectivity index (χ1n) is 7.64. The molecule has 122 valence electrons. The number of hydrogen-bond acceptors (Lipinski definition) is 5. The number of nitrogens with one attached hydrogen (secondary N) is 2. The van der Waals surface area contributed by atoms with Crippen LogP contribution in [0.5, 0.6) is 11.5 Å². The van der Waals surface area contributed by atoms with Gasteiger partial charge in [-0.3, -0.25) is 4.79 Å². The van der Waals surface area contributed by atoms with Crippen LogP contribution in [0.15, 0.2) is 42.5 Å². The average molecular weight is 323 g/mol. The normalized spacial score (nSPS) is 11.8. The number of para-hydroxylation sites is 1. The Morgan fingerprint density at radius 2 is 2.00 bits per heavy atom. The van der Waals surface area contributed by atoms with E-state index < -0.39 is 0 Å². The van der Waals surface area contributed by atoms with Crippen LogP contribution >= 0.6 is 0 Å². The van der Waals surface area contributed by atoms with E-state index in [1.807, 2.05) is 18.2 Å². The van der Waals surface area contributed by atoms with Gasteiger partial charge in [-0.15, -0.1) is 0 Å². The van der Waals surface area contributed by atoms with E-state index in [9.17, 15) is 4.79 Å². The van der Waals surface area contributed by atoms with Crippen molar-refractivity contribution in [1.29, 1.82) is 5.26 Å². The lowest BCUT2D eigenvalue weighted by molar-refractivity contribution is -0.116. The summed E-state index contributed by atoms with van der Waals surface area (Å²) in [6, 6.07) is 14.8. The molecule has 0 aromatic heterocycles. The first-order chi connectivity index (χ1) is 11.8. The van der Waals surface area contributed by atoms with Crippen LogP contribution in [0.2, 0.25) is 0 Å². The number of hydrogen-bond donors (Lipinski definition) is 2. The van der Waals surface area contributed by atoms with Gasteiger partial charge in [0.2, 0.25) is 12.7 Å². The third-order valence-electron chi connectivity index (χ3n) is 3.62. The minimum Gasteiger partial charge on any atom is -0.454 e. The summed E-state index contributed by atoms with van der Waals surface area (Å²) in [4.78, 5) is 11.9. The Bertz CT molecular complexity index is 783. The van der Waals surface area contributed by atoms with E-state index in [-0.39, 0.29) is 12.7 Å². The summed E-state index contributed by atoms with van der Waals surface area (Å²) in [5.74, 6) is 1.38. The zero-order valence-electron chi connectivity index (χ0n) is 13.0. The zero-order chi connectivity index (χ0) is 16.8. The summed E-state index contributed by atoms with van der Waals surface area (Å²) >= 11 is 0. The quantitative estimate of drug-likeness (QED) is 0.798. The molecule has 1 aliphatic heterocycles. The summed E-state index contributed by atoms with van der Waals surface area (Å²) in [5, 5.41) is 15.0. The maximum Gasteiger partial charge on any atom is 0.231 e. The monoisotopic (exact) mass is 323 g/mol. The molecule has 2 aromatic carbocycles. The van der Waals surface area contributed by atoms with Gasteiger partial charge in [0.25, 0.3) is 0 Å². The first kappa shape index (κ1) is 15.8. The van der Waals surface area contributed by atoms with Gasteiger partial charge < -0.3 is 20.1 Å². The summed E-state index contributed by atoms with van der Waals surface area (Å²) in [7, 11) is 0. The average Bonchev–Trinajstić information content (AvgIpc) is 3.07. The molecular weight excluding hydrogens is 306 g/mol. The number of amides is 1. The molecule has 6 heteroatoms. The molecule has 1 heterocycles. The van der Waals surface area contributed by atoms with Crippen molar-refractivity contribution in [1.82, 2.24) is 5.32 Å². The third-order valence-corrected chi connectivity index (χ3v) is 3.62. The Morgan fingerprint density at radius 1 is 1.17 bits per heavy atom. The smallest absolute Gasteiger partial charge is 0.231 e. The van der Waals surface area contributed by atoms with E-state index in [2.05, 4.69) is 16.7 Å². The zero-order valence-corrected chi connectivity index (χ0v) is 13.0. The van der Waals surface area contributed by atoms with Gasteiger partial charge >= 0.3 is 0 Å². The van der Waals surface area contributed by atoms with Crippen LogP contribution in [0.3, 0.4) is 0 Å². The Morgan fingerprint density at radius 3 is 2.88 bits per heavy atom. The minimum atomic E-state index is -0.129. The molecule has 0 atom stereocenters. The largest absolute Gasteiger partial charge is 0.454 e. The molecule has 0 unspecified atom stereocenters. The fourth-order valence-electron chi connectivity index (χ4n) is 2.39. The molecule has 0 fully saturated rings. The highest BCUT2D eigenvalue weighted by Gasteiger charge is 2.13. The molecule has 0 spiro atoms. The number of rotatable bonds is 6. The van der Waals surface area contributed by atoms with Crippen LogP contribution in [-0.2, 0) is 11.3 Å². The van der Waals surface area contributed by atoms with E-state index in [0.717, 1.165) is 17.1 Å². The highest BCUT2D eigenvalue weighted by atomic mass is 16.7. The van der Waals surface area contributed by atoms with E-state index >= 15 is 0 Å². The van der Waals surface area contributed by atoms with Crippen molar-refractivity contribution in [2.24, 2.45) is 0 Å². The molecular formula is C18H17N3O3. The van der Waals surface area contributed by atoms with Crippen LogP contribution in [0, 0.1) is 11.3 Å². The second kappa shape index (κ2) is 7.49. The molecule has 1 aliphatic rings. The van der Waals surface area contributed by atoms with Crippen molar-refractivity contribution in [3.63, 3.8) is 0 Å². The van der Waals surface area contributed by atoms with Gasteiger partial charge in [-0.05, 0) is 29.8 Å². The van der Waals surface area contributed by atoms with Gasteiger partial charge in [-0.2, -0.15) is 5.26 Å². The Hall–Kier alpha value is -3.04. The Balaban J connectivity index is 1.43. The second-order valence-corrected chi connectivity index (χ2v) is 5.32. The van der Waals surface area contributed by atoms with Crippen molar-refractivity contribution in [3.8, 4) is 17.6 Å². The predicted molar refractivity (Wildman–Crippen MR) is 88.7 cm³/mol. The fourth-order valence-corrected chi connectivity index (χ4v) is 2.39. The van der Waals surface area contributed by atoms with Crippen molar-refractivity contribution in [2.75, 3.05) is 18.7 Å². The van der Waals surface area contributed by atoms with Gasteiger partial charge in [0, 0.05) is 19.5 Å². The third kappa shape index (κ3) is 3.83. The van der Waals surface area contributed by atoms with E-state index in [1.165, 1.54) is 0 Å². The van der Waals surface area contributed by atoms with Gasteiger partial charge in [0.05, 0.1) is 11.3 Å². The fraction of sp³-hybridized carbons (Fsp3) is 0.222. The lowest BCUT2D eigenvalue weighted by Gasteiger charge is -2.08. The summed E-state index contributed by atoms with van der Waals surface area (Å²) in [5.41, 5.74) is 2.06. The van der Waals surface area contributed by atoms with Crippen LogP contribution in [0.4, 0.5) is 5.69 Å². The highest BCUT2D eigenvalue weighted by molar-refractivity contribution is 5.92. The standard InChI is InChI=1S/C18H17N3O3/c19-10-14-3-1-2-4-15(14)21-18(22)7-8-20-11-13-5-6-16-17(9-13)24-12-23-16/h1-6,9,20H,7-8,11-12H2,(H,21,22). The summed E-state index contributed by atoms with van der Waals surface area (Å²) in [6.45, 7) is 1.43. The molecule has 0 saturated heterocycles. The lowest BCUT2D eigenvalue weighted by Crippen LogP contribution is -2.21. The van der Waals surface area contributed by atoms with E-state index in [0.29, 0.717) is 30.8 Å². The molecule has 24 heavy (non-hydrogen) atoms. The van der Waals surface area contributed by atoms with Crippen LogP contribution in [-0.4, -0.2) is 19.2 Å². The SMILES string of the molecule is N#Cc1ccccc1NC(=O)CCNCc1ccc2c(c1)OCO2. The van der Waals surface area contributed by atoms with E-state index in [4.69, 9.17) is 14.7 Å². The topological polar surface area (TPSA) is 83.4 Å². The Kier molecular flexibility index (Phi) is 4.94. The summed E-state index contributed by atoms with van der Waals surface area (Å²) < 4.78 is 10.6. The molecule has 2 aromatic rings. The van der Waals surface area contributed by atoms with Crippen LogP contribution in [0.25, 0.3) is 0 Å². The van der Waals surface area contributed by atoms with Crippen LogP contribution < -0.4 is 20.1 Å². The number of carbonyl (C=O) groups excluding carboxylic acids is 1. The Labute approximate surface area is 140 Å². The molecule has 2 N–H and O–H groups in total. The number of carbonyl (C=O) groups is 1. The number of anilines is 1. The maximum atomic E-state index is 11.9. The number of fused-ring (bicyclic) bond motifs is 1. The minimum absolute atomic E-state index is 0.129. The molecule has 0 saturated carbocycles. The number of nitrogens with zero attached hydrogens (tertiary/aromatic N) is 1. The van der Waals surface area contributed by atoms with Gasteiger partial charge in [0.15, 0.2) is 11.5 Å². The second-order valence-electron chi connectivity index (χ2n) is 5.32.